The summed E-state index contributed by atoms with van der Waals surface area (Å²) in [6.07, 6.45) is 0. The number of fused-ring (bicyclic) bond motifs is 1. The monoisotopic (exact) mass is 433 g/mol. The summed E-state index contributed by atoms with van der Waals surface area (Å²) in [6, 6.07) is 8.62. The molecule has 0 aliphatic carbocycles. The van der Waals surface area contributed by atoms with Gasteiger partial charge in [0.05, 0.1) is 10.6 Å². The Morgan fingerprint density at radius 1 is 1.22 bits per heavy atom. The fourth-order valence-electron chi connectivity index (χ4n) is 2.38. The maximum atomic E-state index is 12.2. The Balaban J connectivity index is 1.85. The van der Waals surface area contributed by atoms with E-state index in [0.29, 0.717) is 5.58 Å². The molecule has 2 aromatic carbocycles. The number of amides is 1. The van der Waals surface area contributed by atoms with E-state index in [0.717, 1.165) is 22.0 Å². The molecule has 0 unspecified atom stereocenters. The molecule has 0 saturated heterocycles. The van der Waals surface area contributed by atoms with Gasteiger partial charge in [-0.1, -0.05) is 15.9 Å². The van der Waals surface area contributed by atoms with Crippen LogP contribution >= 0.6 is 15.9 Å². The average molecular weight is 434 g/mol. The summed E-state index contributed by atoms with van der Waals surface area (Å²) in [5, 5.41) is 34.8. The number of furan rings is 1. The van der Waals surface area contributed by atoms with Crippen LogP contribution in [0.5, 0.6) is 11.5 Å². The molecule has 0 atom stereocenters. The van der Waals surface area contributed by atoms with Gasteiger partial charge in [0.2, 0.25) is 0 Å². The maximum absolute atomic E-state index is 12.2. The summed E-state index contributed by atoms with van der Waals surface area (Å²) in [5.41, 5.74) is 2.29. The van der Waals surface area contributed by atoms with E-state index in [1.165, 1.54) is 6.92 Å². The molecule has 3 aromatic rings. The molecule has 0 aliphatic rings. The smallest absolute Gasteiger partial charge is 0.311 e. The van der Waals surface area contributed by atoms with Crippen molar-refractivity contribution in [2.75, 3.05) is 0 Å². The molecule has 0 radical (unpaired) electrons. The van der Waals surface area contributed by atoms with Gasteiger partial charge in [-0.2, -0.15) is 5.10 Å². The lowest BCUT2D eigenvalue weighted by Crippen LogP contribution is -2.18. The maximum Gasteiger partial charge on any atom is 0.311 e. The lowest BCUT2D eigenvalue weighted by Gasteiger charge is -2.05. The molecule has 1 aromatic heterocycles. The third-order valence-corrected chi connectivity index (χ3v) is 4.20. The molecule has 3 rings (SSSR count). The standard InChI is InChI=1S/C17H12BrN3O6/c1-8(11-6-12(21(25)26)14(23)7-13(11)22)19-20-17(24)16-5-9-4-10(18)2-3-15(9)27-16/h2-7,22-23H,1H3,(H,20,24)/b19-8+. The number of halogens is 1. The summed E-state index contributed by atoms with van der Waals surface area (Å²) in [7, 11) is 0. The van der Waals surface area contributed by atoms with E-state index in [1.807, 2.05) is 0 Å². The van der Waals surface area contributed by atoms with Gasteiger partial charge in [0.15, 0.2) is 11.5 Å². The lowest BCUT2D eigenvalue weighted by atomic mass is 10.1. The van der Waals surface area contributed by atoms with Gasteiger partial charge in [0.25, 0.3) is 0 Å². The van der Waals surface area contributed by atoms with E-state index in [4.69, 9.17) is 4.42 Å². The van der Waals surface area contributed by atoms with Crippen LogP contribution in [0.1, 0.15) is 23.0 Å². The Morgan fingerprint density at radius 3 is 2.67 bits per heavy atom. The average Bonchev–Trinajstić information content (AvgIpc) is 3.02. The van der Waals surface area contributed by atoms with Crippen LogP contribution in [0, 0.1) is 10.1 Å². The minimum absolute atomic E-state index is 0.00617. The van der Waals surface area contributed by atoms with Crippen LogP contribution in [0.2, 0.25) is 0 Å². The van der Waals surface area contributed by atoms with Gasteiger partial charge in [-0.15, -0.1) is 0 Å². The molecule has 1 heterocycles. The molecular formula is C17H12BrN3O6. The van der Waals surface area contributed by atoms with Gasteiger partial charge in [-0.25, -0.2) is 5.43 Å². The Morgan fingerprint density at radius 2 is 1.96 bits per heavy atom. The summed E-state index contributed by atoms with van der Waals surface area (Å²) in [6.45, 7) is 1.44. The SMILES string of the molecule is C/C(=N\NC(=O)c1cc2cc(Br)ccc2o1)c1cc([N+](=O)[O-])c(O)cc1O. The highest BCUT2D eigenvalue weighted by atomic mass is 79.9. The number of hydrogen-bond donors (Lipinski definition) is 3. The molecule has 0 bridgehead atoms. The largest absolute Gasteiger partial charge is 0.507 e. The van der Waals surface area contributed by atoms with Gasteiger partial charge in [0, 0.05) is 27.6 Å². The van der Waals surface area contributed by atoms with Crippen molar-refractivity contribution in [1.82, 2.24) is 5.43 Å². The zero-order valence-corrected chi connectivity index (χ0v) is 15.3. The molecule has 1 amide bonds. The lowest BCUT2D eigenvalue weighted by molar-refractivity contribution is -0.385. The van der Waals surface area contributed by atoms with E-state index in [9.17, 15) is 25.1 Å². The predicted octanol–water partition coefficient (Wildman–Crippen LogP) is 3.67. The molecule has 27 heavy (non-hydrogen) atoms. The first-order chi connectivity index (χ1) is 12.8. The van der Waals surface area contributed by atoms with E-state index in [2.05, 4.69) is 26.5 Å². The third-order valence-electron chi connectivity index (χ3n) is 3.71. The number of nitrogens with one attached hydrogen (secondary N) is 1. The van der Waals surface area contributed by atoms with Crippen LogP contribution < -0.4 is 5.43 Å². The minimum Gasteiger partial charge on any atom is -0.507 e. The van der Waals surface area contributed by atoms with Crippen LogP contribution in [0.4, 0.5) is 5.69 Å². The van der Waals surface area contributed by atoms with E-state index >= 15 is 0 Å². The number of hydrazone groups is 1. The Kier molecular flexibility index (Phi) is 4.82. The van der Waals surface area contributed by atoms with Gasteiger partial charge in [-0.3, -0.25) is 14.9 Å². The normalized spacial score (nSPS) is 11.6. The highest BCUT2D eigenvalue weighted by molar-refractivity contribution is 9.10. The number of phenolic OH excluding ortho intramolecular Hbond substituents is 2. The number of nitro groups is 1. The van der Waals surface area contributed by atoms with Crippen molar-refractivity contribution in [3.05, 3.63) is 62.3 Å². The molecule has 0 spiro atoms. The number of benzene rings is 2. The van der Waals surface area contributed by atoms with Crippen LogP contribution in [0.3, 0.4) is 0 Å². The summed E-state index contributed by atoms with van der Waals surface area (Å²) < 4.78 is 6.27. The minimum atomic E-state index is -0.795. The van der Waals surface area contributed by atoms with Gasteiger partial charge < -0.3 is 14.6 Å². The molecule has 138 valence electrons. The summed E-state index contributed by atoms with van der Waals surface area (Å²) in [5.74, 6) is -1.69. The molecule has 0 aliphatic heterocycles. The second-order valence-corrected chi connectivity index (χ2v) is 6.46. The van der Waals surface area contributed by atoms with Crippen molar-refractivity contribution in [3.8, 4) is 11.5 Å². The third kappa shape index (κ3) is 3.75. The number of carbonyl (C=O) groups excluding carboxylic acids is 1. The zero-order chi connectivity index (χ0) is 19.7. The van der Waals surface area contributed by atoms with Crippen LogP contribution in [-0.4, -0.2) is 26.8 Å². The Bertz CT molecular complexity index is 1110. The van der Waals surface area contributed by atoms with Crippen molar-refractivity contribution in [3.63, 3.8) is 0 Å². The first-order valence-electron chi connectivity index (χ1n) is 7.50. The number of nitro benzene ring substituents is 1. The van der Waals surface area contributed by atoms with Gasteiger partial charge in [0.1, 0.15) is 11.3 Å². The summed E-state index contributed by atoms with van der Waals surface area (Å²) >= 11 is 3.33. The highest BCUT2D eigenvalue weighted by Gasteiger charge is 2.19. The topological polar surface area (TPSA) is 138 Å². The second-order valence-electron chi connectivity index (χ2n) is 5.55. The molecular weight excluding hydrogens is 422 g/mol. The first-order valence-corrected chi connectivity index (χ1v) is 8.30. The Hall–Kier alpha value is -3.40. The van der Waals surface area contributed by atoms with Crippen LogP contribution in [0.15, 0.2) is 50.4 Å². The van der Waals surface area contributed by atoms with E-state index < -0.39 is 28.0 Å². The molecule has 9 nitrogen and oxygen atoms in total. The number of aromatic hydroxyl groups is 2. The van der Waals surface area contributed by atoms with Crippen molar-refractivity contribution in [2.24, 2.45) is 5.10 Å². The predicted molar refractivity (Wildman–Crippen MR) is 100 cm³/mol. The van der Waals surface area contributed by atoms with E-state index in [-0.39, 0.29) is 17.0 Å². The first kappa shape index (κ1) is 18.4. The van der Waals surface area contributed by atoms with Crippen molar-refractivity contribution >= 4 is 44.2 Å². The summed E-state index contributed by atoms with van der Waals surface area (Å²) in [4.78, 5) is 22.3. The Labute approximate surface area is 160 Å². The van der Waals surface area contributed by atoms with Crippen molar-refractivity contribution < 1.29 is 24.3 Å². The number of rotatable bonds is 4. The number of nitrogens with zero attached hydrogens (tertiary/aromatic N) is 2. The number of hydrogen-bond acceptors (Lipinski definition) is 7. The molecule has 10 heteroatoms. The number of phenols is 2. The van der Waals surface area contributed by atoms with Crippen molar-refractivity contribution in [1.29, 1.82) is 0 Å². The number of carbonyl (C=O) groups is 1. The quantitative estimate of drug-likeness (QED) is 0.325. The molecule has 0 fully saturated rings. The van der Waals surface area contributed by atoms with Gasteiger partial charge in [-0.05, 0) is 31.2 Å². The zero-order valence-electron chi connectivity index (χ0n) is 13.8. The fraction of sp³-hybridized carbons (Fsp3) is 0.0588. The highest BCUT2D eigenvalue weighted by Crippen LogP contribution is 2.33. The fourth-order valence-corrected chi connectivity index (χ4v) is 2.76. The van der Waals surface area contributed by atoms with Gasteiger partial charge >= 0.3 is 11.6 Å². The molecule has 3 N–H and O–H groups in total. The second kappa shape index (κ2) is 7.08. The van der Waals surface area contributed by atoms with Crippen LogP contribution in [0.25, 0.3) is 11.0 Å². The molecule has 0 saturated carbocycles. The van der Waals surface area contributed by atoms with Crippen LogP contribution in [-0.2, 0) is 0 Å². The van der Waals surface area contributed by atoms with E-state index in [1.54, 1.807) is 24.3 Å². The van der Waals surface area contributed by atoms with Crippen molar-refractivity contribution in [2.45, 2.75) is 6.92 Å².